The zero-order chi connectivity index (χ0) is 16.1. The molecule has 0 aliphatic heterocycles. The van der Waals surface area contributed by atoms with Crippen molar-refractivity contribution in [2.75, 3.05) is 11.5 Å². The molecule has 0 saturated heterocycles. The first-order chi connectivity index (χ1) is 11.3. The van der Waals surface area contributed by atoms with Crippen LogP contribution in [0.3, 0.4) is 0 Å². The van der Waals surface area contributed by atoms with E-state index in [4.69, 9.17) is 10.5 Å². The van der Waals surface area contributed by atoms with Gasteiger partial charge in [-0.25, -0.2) is 14.6 Å². The Balaban J connectivity index is 2.13. The zero-order valence-electron chi connectivity index (χ0n) is 11.9. The highest BCUT2D eigenvalue weighted by Crippen LogP contribution is 2.28. The number of nitrogens with zero attached hydrogens (tertiary/aromatic N) is 6. The largest absolute Gasteiger partial charge is 0.215 e. The van der Waals surface area contributed by atoms with E-state index < -0.39 is 0 Å². The van der Waals surface area contributed by atoms with Gasteiger partial charge in [0.2, 0.25) is 0 Å². The highest BCUT2D eigenvalue weighted by Gasteiger charge is 2.14. The van der Waals surface area contributed by atoms with Crippen molar-refractivity contribution in [1.82, 2.24) is 19.7 Å². The summed E-state index contributed by atoms with van der Waals surface area (Å²) in [5.74, 6) is 0.568. The van der Waals surface area contributed by atoms with Crippen LogP contribution in [0.4, 0.5) is 0 Å². The molecule has 6 nitrogen and oxygen atoms in total. The van der Waals surface area contributed by atoms with Gasteiger partial charge in [-0.2, -0.15) is 15.6 Å². The van der Waals surface area contributed by atoms with Crippen LogP contribution in [0.1, 0.15) is 0 Å². The summed E-state index contributed by atoms with van der Waals surface area (Å²) in [5.41, 5.74) is 1.57. The second kappa shape index (κ2) is 7.14. The van der Waals surface area contributed by atoms with Gasteiger partial charge in [0.1, 0.15) is 5.03 Å². The van der Waals surface area contributed by atoms with Crippen molar-refractivity contribution in [2.24, 2.45) is 0 Å². The summed E-state index contributed by atoms with van der Waals surface area (Å²) in [4.78, 5) is 8.96. The molecule has 2 heterocycles. The van der Waals surface area contributed by atoms with Crippen molar-refractivity contribution in [3.63, 3.8) is 0 Å². The summed E-state index contributed by atoms with van der Waals surface area (Å²) in [6.07, 6.45) is 1.71. The van der Waals surface area contributed by atoms with Crippen LogP contribution in [0.25, 0.3) is 16.7 Å². The van der Waals surface area contributed by atoms with Gasteiger partial charge in [-0.1, -0.05) is 41.7 Å². The van der Waals surface area contributed by atoms with E-state index in [2.05, 4.69) is 27.2 Å². The molecule has 3 rings (SSSR count). The smallest absolute Gasteiger partial charge is 0.191 e. The highest BCUT2D eigenvalue weighted by atomic mass is 32.2. The van der Waals surface area contributed by atoms with Gasteiger partial charge < -0.3 is 0 Å². The van der Waals surface area contributed by atoms with Crippen LogP contribution in [-0.2, 0) is 0 Å². The van der Waals surface area contributed by atoms with Crippen LogP contribution in [0.15, 0.2) is 46.7 Å². The molecule has 2 aromatic heterocycles. The third kappa shape index (κ3) is 3.29. The van der Waals surface area contributed by atoms with Crippen LogP contribution >= 0.6 is 23.5 Å². The number of rotatable bonds is 5. The molecular formula is C15H10N6S2. The van der Waals surface area contributed by atoms with E-state index in [1.54, 1.807) is 10.9 Å². The molecule has 3 aromatic rings. The summed E-state index contributed by atoms with van der Waals surface area (Å²) < 4.78 is 1.74. The number of nitriles is 2. The van der Waals surface area contributed by atoms with Crippen LogP contribution in [0.5, 0.6) is 0 Å². The predicted octanol–water partition coefficient (Wildman–Crippen LogP) is 3.05. The molecule has 0 amide bonds. The van der Waals surface area contributed by atoms with Gasteiger partial charge in [0.05, 0.1) is 40.9 Å². The number of fused-ring (bicyclic) bond motifs is 1. The number of aromatic nitrogens is 4. The molecule has 0 aliphatic carbocycles. The topological polar surface area (TPSA) is 91.2 Å². The van der Waals surface area contributed by atoms with Crippen molar-refractivity contribution in [1.29, 1.82) is 10.5 Å². The summed E-state index contributed by atoms with van der Waals surface area (Å²) in [6, 6.07) is 13.9. The molecule has 0 N–H and O–H groups in total. The first-order valence-corrected chi connectivity index (χ1v) is 8.61. The number of hydrogen-bond donors (Lipinski definition) is 0. The molecule has 8 heteroatoms. The molecular weight excluding hydrogens is 328 g/mol. The quantitative estimate of drug-likeness (QED) is 0.401. The SMILES string of the molecule is N#CCSc1nc(SCC#N)c2cnn(-c3ccccc3)c2n1. The Morgan fingerprint density at radius 2 is 1.74 bits per heavy atom. The Kier molecular flexibility index (Phi) is 4.77. The zero-order valence-corrected chi connectivity index (χ0v) is 13.5. The monoisotopic (exact) mass is 338 g/mol. The van der Waals surface area contributed by atoms with Crippen molar-refractivity contribution >= 4 is 34.6 Å². The lowest BCUT2D eigenvalue weighted by molar-refractivity contribution is 0.864. The van der Waals surface area contributed by atoms with Crippen molar-refractivity contribution in [3.05, 3.63) is 36.5 Å². The maximum absolute atomic E-state index is 8.81. The standard InChI is InChI=1S/C15H10N6S2/c16-6-8-22-14-12-10-18-21(11-4-2-1-3-5-11)13(12)19-15(20-14)23-9-7-17/h1-5,10H,8-9H2. The summed E-state index contributed by atoms with van der Waals surface area (Å²) in [6.45, 7) is 0. The minimum absolute atomic E-state index is 0.271. The number of benzene rings is 1. The van der Waals surface area contributed by atoms with Crippen molar-refractivity contribution in [3.8, 4) is 17.8 Å². The molecule has 0 saturated carbocycles. The molecule has 0 unspecified atom stereocenters. The minimum Gasteiger partial charge on any atom is -0.215 e. The second-order valence-electron chi connectivity index (χ2n) is 4.33. The van der Waals surface area contributed by atoms with Crippen LogP contribution in [0, 0.1) is 22.7 Å². The Bertz CT molecular complexity index is 907. The lowest BCUT2D eigenvalue weighted by Gasteiger charge is -2.05. The summed E-state index contributed by atoms with van der Waals surface area (Å²) >= 11 is 2.61. The van der Waals surface area contributed by atoms with Gasteiger partial charge in [-0.3, -0.25) is 0 Å². The lowest BCUT2D eigenvalue weighted by atomic mass is 10.3. The Morgan fingerprint density at radius 1 is 1.00 bits per heavy atom. The minimum atomic E-state index is 0.271. The lowest BCUT2D eigenvalue weighted by Crippen LogP contribution is -1.99. The van der Waals surface area contributed by atoms with E-state index in [0.717, 1.165) is 11.1 Å². The predicted molar refractivity (Wildman–Crippen MR) is 89.3 cm³/mol. The Hall–Kier alpha value is -2.55. The maximum atomic E-state index is 8.81. The van der Waals surface area contributed by atoms with Gasteiger partial charge in [-0.05, 0) is 12.1 Å². The molecule has 0 spiro atoms. The summed E-state index contributed by atoms with van der Waals surface area (Å²) in [7, 11) is 0. The van der Waals surface area contributed by atoms with Gasteiger partial charge in [0.15, 0.2) is 10.8 Å². The maximum Gasteiger partial charge on any atom is 0.191 e. The molecule has 0 atom stereocenters. The molecule has 0 fully saturated rings. The average molecular weight is 338 g/mol. The van der Waals surface area contributed by atoms with E-state index in [1.165, 1.54) is 23.5 Å². The number of thioether (sulfide) groups is 2. The van der Waals surface area contributed by atoms with Gasteiger partial charge in [0.25, 0.3) is 0 Å². The third-order valence-corrected chi connectivity index (χ3v) is 4.49. The van der Waals surface area contributed by atoms with Crippen LogP contribution < -0.4 is 0 Å². The number of para-hydroxylation sites is 1. The highest BCUT2D eigenvalue weighted by molar-refractivity contribution is 8.00. The molecule has 23 heavy (non-hydrogen) atoms. The van der Waals surface area contributed by atoms with Crippen molar-refractivity contribution < 1.29 is 0 Å². The third-order valence-electron chi connectivity index (χ3n) is 2.91. The van der Waals surface area contributed by atoms with E-state index in [9.17, 15) is 0 Å². The fourth-order valence-electron chi connectivity index (χ4n) is 1.99. The van der Waals surface area contributed by atoms with Gasteiger partial charge in [-0.15, -0.1) is 0 Å². The normalized spacial score (nSPS) is 10.3. The van der Waals surface area contributed by atoms with Crippen LogP contribution in [0.2, 0.25) is 0 Å². The van der Waals surface area contributed by atoms with Crippen molar-refractivity contribution in [2.45, 2.75) is 10.2 Å². The Labute approximate surface area is 141 Å². The summed E-state index contributed by atoms with van der Waals surface area (Å²) in [5, 5.41) is 24.0. The van der Waals surface area contributed by atoms with E-state index in [1.807, 2.05) is 30.3 Å². The van der Waals surface area contributed by atoms with Crippen LogP contribution in [-0.4, -0.2) is 31.3 Å². The van der Waals surface area contributed by atoms with E-state index in [0.29, 0.717) is 21.6 Å². The first-order valence-electron chi connectivity index (χ1n) is 6.64. The fraction of sp³-hybridized carbons (Fsp3) is 0.133. The Morgan fingerprint density at radius 3 is 2.48 bits per heavy atom. The fourth-order valence-corrected chi connectivity index (χ4v) is 3.20. The molecule has 1 aromatic carbocycles. The molecule has 0 radical (unpaired) electrons. The molecule has 0 bridgehead atoms. The van der Waals surface area contributed by atoms with E-state index >= 15 is 0 Å². The first kappa shape index (κ1) is 15.3. The molecule has 0 aliphatic rings. The average Bonchev–Trinajstić information content (AvgIpc) is 3.02. The second-order valence-corrected chi connectivity index (χ2v) is 6.24. The van der Waals surface area contributed by atoms with Gasteiger partial charge in [0, 0.05) is 0 Å². The number of hydrogen-bond acceptors (Lipinski definition) is 7. The molecule has 112 valence electrons. The van der Waals surface area contributed by atoms with Gasteiger partial charge >= 0.3 is 0 Å². The van der Waals surface area contributed by atoms with E-state index in [-0.39, 0.29) is 5.75 Å².